The zero-order chi connectivity index (χ0) is 11.5. The Kier molecular flexibility index (Phi) is 3.51. The summed E-state index contributed by atoms with van der Waals surface area (Å²) in [6.07, 6.45) is 2.48. The number of pyridine rings is 1. The number of nitrogens with zero attached hydrogens (tertiary/aromatic N) is 1. The molecule has 2 nitrogen and oxygen atoms in total. The maximum Gasteiger partial charge on any atom is 0.213 e. The van der Waals surface area contributed by atoms with E-state index in [4.69, 9.17) is 0 Å². The second-order valence-electron chi connectivity index (χ2n) is 3.33. The Morgan fingerprint density at radius 3 is 2.94 bits per heavy atom. The van der Waals surface area contributed by atoms with Gasteiger partial charge in [0.25, 0.3) is 0 Å². The lowest BCUT2D eigenvalue weighted by Gasteiger charge is -2.04. The van der Waals surface area contributed by atoms with Crippen LogP contribution in [0.2, 0.25) is 0 Å². The van der Waals surface area contributed by atoms with Crippen molar-refractivity contribution in [3.05, 3.63) is 50.4 Å². The van der Waals surface area contributed by atoms with Crippen molar-refractivity contribution in [1.82, 2.24) is 4.98 Å². The van der Waals surface area contributed by atoms with Gasteiger partial charge in [-0.05, 0) is 34.0 Å². The Balaban J connectivity index is 2.46. The fourth-order valence-corrected chi connectivity index (χ4v) is 2.95. The number of aromatic nitrogens is 1. The molecular formula is C12H10BrNOS. The van der Waals surface area contributed by atoms with E-state index < -0.39 is 0 Å². The third-order valence-corrected chi connectivity index (χ3v) is 4.05. The summed E-state index contributed by atoms with van der Waals surface area (Å²) < 4.78 is 0.843. The molecule has 0 N–H and O–H groups in total. The van der Waals surface area contributed by atoms with Gasteiger partial charge in [0.15, 0.2) is 0 Å². The van der Waals surface area contributed by atoms with Crippen molar-refractivity contribution < 1.29 is 4.79 Å². The molecule has 2 rings (SSSR count). The van der Waals surface area contributed by atoms with Crippen LogP contribution in [0.25, 0.3) is 0 Å². The first-order chi connectivity index (χ1) is 7.74. The van der Waals surface area contributed by atoms with Gasteiger partial charge in [0, 0.05) is 27.0 Å². The molecule has 0 aliphatic rings. The molecule has 4 heteroatoms. The van der Waals surface area contributed by atoms with Crippen molar-refractivity contribution >= 4 is 33.0 Å². The van der Waals surface area contributed by atoms with Gasteiger partial charge in [-0.25, -0.2) is 0 Å². The van der Waals surface area contributed by atoms with Crippen LogP contribution < -0.4 is 0 Å². The normalized spacial score (nSPS) is 10.4. The van der Waals surface area contributed by atoms with E-state index in [2.05, 4.69) is 20.9 Å². The Bertz CT molecular complexity index is 521. The van der Waals surface area contributed by atoms with Crippen LogP contribution in [0.4, 0.5) is 0 Å². The summed E-state index contributed by atoms with van der Waals surface area (Å²) in [5.41, 5.74) is 2.24. The minimum absolute atomic E-state index is 0.00873. The van der Waals surface area contributed by atoms with Crippen LogP contribution in [0.15, 0.2) is 33.6 Å². The summed E-state index contributed by atoms with van der Waals surface area (Å²) in [5.74, 6) is -0.00873. The molecule has 0 aliphatic carbocycles. The summed E-state index contributed by atoms with van der Waals surface area (Å²) in [4.78, 5) is 16.4. The van der Waals surface area contributed by atoms with Gasteiger partial charge in [-0.2, -0.15) is 11.3 Å². The molecule has 2 heterocycles. The molecule has 0 saturated heterocycles. The van der Waals surface area contributed by atoms with Gasteiger partial charge in [-0.1, -0.05) is 13.0 Å². The fraction of sp³-hybridized carbons (Fsp3) is 0.167. The van der Waals surface area contributed by atoms with E-state index in [1.165, 1.54) is 11.3 Å². The lowest BCUT2D eigenvalue weighted by atomic mass is 10.0. The topological polar surface area (TPSA) is 30.0 Å². The van der Waals surface area contributed by atoms with E-state index in [-0.39, 0.29) is 5.78 Å². The third kappa shape index (κ3) is 2.08. The number of rotatable bonds is 3. The summed E-state index contributed by atoms with van der Waals surface area (Å²) in [6, 6.07) is 3.80. The van der Waals surface area contributed by atoms with Crippen molar-refractivity contribution in [2.45, 2.75) is 13.3 Å². The number of thiophene rings is 1. The molecule has 0 aromatic carbocycles. The van der Waals surface area contributed by atoms with Crippen LogP contribution in [-0.2, 0) is 6.42 Å². The smallest absolute Gasteiger partial charge is 0.213 e. The standard InChI is InChI=1S/C12H10BrNOS/c1-2-8-4-3-5-14-11(8)12(15)9-6-16-7-10(9)13/h3-7H,2H2,1H3. The lowest BCUT2D eigenvalue weighted by Crippen LogP contribution is -2.07. The Hall–Kier alpha value is -1.00. The molecule has 0 aliphatic heterocycles. The minimum Gasteiger partial charge on any atom is -0.287 e. The van der Waals surface area contributed by atoms with Crippen molar-refractivity contribution in [2.75, 3.05) is 0 Å². The lowest BCUT2D eigenvalue weighted by molar-refractivity contribution is 0.103. The van der Waals surface area contributed by atoms with Gasteiger partial charge in [-0.15, -0.1) is 0 Å². The van der Waals surface area contributed by atoms with E-state index >= 15 is 0 Å². The van der Waals surface area contributed by atoms with Crippen LogP contribution >= 0.6 is 27.3 Å². The molecular weight excluding hydrogens is 286 g/mol. The first-order valence-corrected chi connectivity index (χ1v) is 6.68. The average molecular weight is 296 g/mol. The molecule has 16 heavy (non-hydrogen) atoms. The molecule has 0 radical (unpaired) electrons. The van der Waals surface area contributed by atoms with E-state index in [1.54, 1.807) is 6.20 Å². The van der Waals surface area contributed by atoms with Gasteiger partial charge < -0.3 is 0 Å². The first kappa shape index (κ1) is 11.5. The molecule has 0 atom stereocenters. The highest BCUT2D eigenvalue weighted by atomic mass is 79.9. The van der Waals surface area contributed by atoms with E-state index in [9.17, 15) is 4.79 Å². The van der Waals surface area contributed by atoms with Crippen molar-refractivity contribution in [3.8, 4) is 0 Å². The monoisotopic (exact) mass is 295 g/mol. The highest BCUT2D eigenvalue weighted by Crippen LogP contribution is 2.24. The number of aryl methyl sites for hydroxylation is 1. The van der Waals surface area contributed by atoms with Crippen LogP contribution in [0.3, 0.4) is 0 Å². The largest absolute Gasteiger partial charge is 0.287 e. The summed E-state index contributed by atoms with van der Waals surface area (Å²) >= 11 is 4.88. The Labute approximate surface area is 106 Å². The maximum absolute atomic E-state index is 12.2. The van der Waals surface area contributed by atoms with Gasteiger partial charge in [-0.3, -0.25) is 9.78 Å². The number of carbonyl (C=O) groups excluding carboxylic acids is 1. The Morgan fingerprint density at radius 1 is 1.50 bits per heavy atom. The van der Waals surface area contributed by atoms with Crippen LogP contribution in [-0.4, -0.2) is 10.8 Å². The highest BCUT2D eigenvalue weighted by Gasteiger charge is 2.17. The fourth-order valence-electron chi connectivity index (χ4n) is 1.50. The average Bonchev–Trinajstić information content (AvgIpc) is 2.74. The second kappa shape index (κ2) is 4.89. The zero-order valence-electron chi connectivity index (χ0n) is 8.74. The maximum atomic E-state index is 12.2. The zero-order valence-corrected chi connectivity index (χ0v) is 11.1. The van der Waals surface area contributed by atoms with Gasteiger partial charge in [0.1, 0.15) is 5.69 Å². The van der Waals surface area contributed by atoms with Crippen LogP contribution in [0.1, 0.15) is 28.5 Å². The minimum atomic E-state index is -0.00873. The molecule has 2 aromatic rings. The number of hydrogen-bond acceptors (Lipinski definition) is 3. The van der Waals surface area contributed by atoms with Crippen molar-refractivity contribution in [3.63, 3.8) is 0 Å². The quantitative estimate of drug-likeness (QED) is 0.808. The van der Waals surface area contributed by atoms with E-state index in [0.29, 0.717) is 11.3 Å². The SMILES string of the molecule is CCc1cccnc1C(=O)c1cscc1Br. The first-order valence-electron chi connectivity index (χ1n) is 4.94. The summed E-state index contributed by atoms with van der Waals surface area (Å²) in [6.45, 7) is 2.02. The van der Waals surface area contributed by atoms with Crippen LogP contribution in [0, 0.1) is 0 Å². The predicted molar refractivity (Wildman–Crippen MR) is 69.1 cm³/mol. The van der Waals surface area contributed by atoms with Crippen molar-refractivity contribution in [2.24, 2.45) is 0 Å². The highest BCUT2D eigenvalue weighted by molar-refractivity contribution is 9.10. The molecule has 82 valence electrons. The summed E-state index contributed by atoms with van der Waals surface area (Å²) in [7, 11) is 0. The molecule has 0 bridgehead atoms. The molecule has 0 unspecified atom stereocenters. The van der Waals surface area contributed by atoms with Gasteiger partial charge >= 0.3 is 0 Å². The number of hydrogen-bond donors (Lipinski definition) is 0. The molecule has 0 spiro atoms. The summed E-state index contributed by atoms with van der Waals surface area (Å²) in [5, 5.41) is 3.75. The number of halogens is 1. The third-order valence-electron chi connectivity index (χ3n) is 2.35. The molecule has 0 fully saturated rings. The second-order valence-corrected chi connectivity index (χ2v) is 4.93. The molecule has 0 amide bonds. The van der Waals surface area contributed by atoms with Crippen LogP contribution in [0.5, 0.6) is 0 Å². The number of ketones is 1. The van der Waals surface area contributed by atoms with E-state index in [0.717, 1.165) is 16.5 Å². The van der Waals surface area contributed by atoms with Crippen molar-refractivity contribution in [1.29, 1.82) is 0 Å². The van der Waals surface area contributed by atoms with Gasteiger partial charge in [0.2, 0.25) is 5.78 Å². The predicted octanol–water partition coefficient (Wildman–Crippen LogP) is 3.70. The molecule has 2 aromatic heterocycles. The van der Waals surface area contributed by atoms with E-state index in [1.807, 2.05) is 29.8 Å². The van der Waals surface area contributed by atoms with Gasteiger partial charge in [0.05, 0.1) is 0 Å². The Morgan fingerprint density at radius 2 is 2.31 bits per heavy atom. The number of carbonyl (C=O) groups is 1. The molecule has 0 saturated carbocycles.